The molecule has 1 saturated carbocycles. The first-order valence-electron chi connectivity index (χ1n) is 11.3. The molecule has 0 aromatic carbocycles. The van der Waals surface area contributed by atoms with Crippen LogP contribution in [0.3, 0.4) is 0 Å². The molecule has 2 aromatic heterocycles. The average Bonchev–Trinajstić information content (AvgIpc) is 3.51. The highest BCUT2D eigenvalue weighted by Gasteiger charge is 2.54. The highest BCUT2D eigenvalue weighted by atomic mass is 19.1. The lowest BCUT2D eigenvalue weighted by atomic mass is 9.82. The molecule has 6 nitrogen and oxygen atoms in total. The van der Waals surface area contributed by atoms with Crippen LogP contribution >= 0.6 is 0 Å². The second-order valence-electron chi connectivity index (χ2n) is 9.03. The Kier molecular flexibility index (Phi) is 5.56. The number of aryl methyl sites for hydroxylation is 1. The monoisotopic (exact) mass is 427 g/mol. The van der Waals surface area contributed by atoms with E-state index in [1.54, 1.807) is 6.07 Å². The maximum atomic E-state index is 13.2. The van der Waals surface area contributed by atoms with Gasteiger partial charge < -0.3 is 14.2 Å². The maximum Gasteiger partial charge on any atom is 0.257 e. The Balaban J connectivity index is 1.32. The molecule has 0 amide bonds. The summed E-state index contributed by atoms with van der Waals surface area (Å²) in [5.74, 6) is 1.07. The molecule has 0 N–H and O–H groups in total. The van der Waals surface area contributed by atoms with Crippen molar-refractivity contribution in [2.24, 2.45) is 5.41 Å². The number of hydrogen-bond acceptors (Lipinski definition) is 6. The van der Waals surface area contributed by atoms with Crippen LogP contribution in [-0.4, -0.2) is 54.4 Å². The Morgan fingerprint density at radius 2 is 2.00 bits per heavy atom. The van der Waals surface area contributed by atoms with Crippen LogP contribution in [0, 0.1) is 11.2 Å². The number of halogens is 1. The first-order valence-corrected chi connectivity index (χ1v) is 11.3. The lowest BCUT2D eigenvalue weighted by Gasteiger charge is -2.33. The smallest absolute Gasteiger partial charge is 0.257 e. The molecule has 1 saturated heterocycles. The van der Waals surface area contributed by atoms with E-state index in [-0.39, 0.29) is 16.8 Å². The Bertz CT molecular complexity index is 919. The van der Waals surface area contributed by atoms with Crippen molar-refractivity contribution in [3.63, 3.8) is 0 Å². The third-order valence-corrected chi connectivity index (χ3v) is 7.02. The number of nitrogens with zero attached hydrogens (tertiary/aromatic N) is 3. The highest BCUT2D eigenvalue weighted by molar-refractivity contribution is 5.42. The quantitative estimate of drug-likeness (QED) is 0.640. The van der Waals surface area contributed by atoms with E-state index in [0.717, 1.165) is 63.2 Å². The Morgan fingerprint density at radius 3 is 2.77 bits per heavy atom. The SMILES string of the molecule is CCOC[C@@]1(CCc2ccc(F)cn2)CCN(C2(c3cnc4c(c3)OCCO4)CC2)C1. The van der Waals surface area contributed by atoms with Crippen LogP contribution in [0.4, 0.5) is 4.39 Å². The zero-order chi connectivity index (χ0) is 21.3. The van der Waals surface area contributed by atoms with Gasteiger partial charge >= 0.3 is 0 Å². The summed E-state index contributed by atoms with van der Waals surface area (Å²) in [5, 5.41) is 0. The van der Waals surface area contributed by atoms with Crippen LogP contribution in [0.2, 0.25) is 0 Å². The second kappa shape index (κ2) is 8.36. The molecular formula is C24H30FN3O3. The number of aromatic nitrogens is 2. The summed E-state index contributed by atoms with van der Waals surface area (Å²) in [6.07, 6.45) is 8.45. The maximum absolute atomic E-state index is 13.2. The molecule has 5 rings (SSSR count). The van der Waals surface area contributed by atoms with Crippen LogP contribution in [-0.2, 0) is 16.7 Å². The van der Waals surface area contributed by atoms with Gasteiger partial charge in [-0.3, -0.25) is 9.88 Å². The van der Waals surface area contributed by atoms with Crippen molar-refractivity contribution in [3.05, 3.63) is 47.7 Å². The predicted molar refractivity (Wildman–Crippen MR) is 114 cm³/mol. The number of hydrogen-bond donors (Lipinski definition) is 0. The molecule has 1 atom stereocenters. The van der Waals surface area contributed by atoms with E-state index in [2.05, 4.69) is 20.9 Å². The van der Waals surface area contributed by atoms with Crippen LogP contribution in [0.1, 0.15) is 43.9 Å². The fraction of sp³-hybridized carbons (Fsp3) is 0.583. The van der Waals surface area contributed by atoms with Crippen molar-refractivity contribution in [2.75, 3.05) is 39.5 Å². The van der Waals surface area contributed by atoms with Gasteiger partial charge in [0.15, 0.2) is 5.75 Å². The molecule has 0 radical (unpaired) electrons. The van der Waals surface area contributed by atoms with Gasteiger partial charge in [-0.05, 0) is 69.3 Å². The van der Waals surface area contributed by atoms with Crippen molar-refractivity contribution >= 4 is 0 Å². The van der Waals surface area contributed by atoms with Crippen molar-refractivity contribution in [1.82, 2.24) is 14.9 Å². The molecular weight excluding hydrogens is 397 g/mol. The third-order valence-electron chi connectivity index (χ3n) is 7.02. The van der Waals surface area contributed by atoms with E-state index in [1.165, 1.54) is 17.8 Å². The predicted octanol–water partition coefficient (Wildman–Crippen LogP) is 3.74. The van der Waals surface area contributed by atoms with Crippen molar-refractivity contribution in [1.29, 1.82) is 0 Å². The fourth-order valence-corrected chi connectivity index (χ4v) is 5.05. The minimum Gasteiger partial charge on any atom is -0.484 e. The zero-order valence-corrected chi connectivity index (χ0v) is 18.1. The van der Waals surface area contributed by atoms with Crippen molar-refractivity contribution in [2.45, 2.75) is 44.6 Å². The number of fused-ring (bicyclic) bond motifs is 1. The molecule has 0 bridgehead atoms. The average molecular weight is 428 g/mol. The lowest BCUT2D eigenvalue weighted by molar-refractivity contribution is 0.0441. The summed E-state index contributed by atoms with van der Waals surface area (Å²) in [6, 6.07) is 5.41. The minimum atomic E-state index is -0.288. The van der Waals surface area contributed by atoms with Crippen LogP contribution < -0.4 is 9.47 Å². The third kappa shape index (κ3) is 4.13. The van der Waals surface area contributed by atoms with Gasteiger partial charge in [-0.15, -0.1) is 0 Å². The van der Waals surface area contributed by atoms with E-state index in [1.807, 2.05) is 13.1 Å². The molecule has 2 aliphatic heterocycles. The molecule has 31 heavy (non-hydrogen) atoms. The van der Waals surface area contributed by atoms with E-state index in [9.17, 15) is 4.39 Å². The standard InChI is InChI=1S/C24H30FN3O3/c1-2-29-17-23(6-5-20-4-3-19(25)15-26-20)9-10-28(16-23)24(7-8-24)18-13-21-22(27-14-18)31-12-11-30-21/h3-4,13-15H,2,5-12,16-17H2,1H3/t23-/m0/s1. The molecule has 0 unspecified atom stereocenters. The van der Waals surface area contributed by atoms with Gasteiger partial charge in [0.2, 0.25) is 0 Å². The van der Waals surface area contributed by atoms with E-state index in [4.69, 9.17) is 14.2 Å². The largest absolute Gasteiger partial charge is 0.484 e. The normalized spacial score (nSPS) is 24.3. The summed E-state index contributed by atoms with van der Waals surface area (Å²) < 4.78 is 30.5. The number of likely N-dealkylation sites (tertiary alicyclic amines) is 1. The van der Waals surface area contributed by atoms with Gasteiger partial charge in [0.25, 0.3) is 5.88 Å². The number of ether oxygens (including phenoxy) is 3. The topological polar surface area (TPSA) is 56.7 Å². The van der Waals surface area contributed by atoms with E-state index < -0.39 is 0 Å². The fourth-order valence-electron chi connectivity index (χ4n) is 5.05. The summed E-state index contributed by atoms with van der Waals surface area (Å²) >= 11 is 0. The molecule has 7 heteroatoms. The number of rotatable bonds is 8. The first-order chi connectivity index (χ1) is 15.1. The number of pyridine rings is 2. The first kappa shape index (κ1) is 20.6. The lowest BCUT2D eigenvalue weighted by Crippen LogP contribution is -2.38. The summed E-state index contributed by atoms with van der Waals surface area (Å²) in [5.41, 5.74) is 2.30. The minimum absolute atomic E-state index is 0.0466. The second-order valence-corrected chi connectivity index (χ2v) is 9.03. The van der Waals surface area contributed by atoms with Crippen LogP contribution in [0.5, 0.6) is 11.6 Å². The Labute approximate surface area is 182 Å². The van der Waals surface area contributed by atoms with E-state index >= 15 is 0 Å². The molecule has 3 aliphatic rings. The summed E-state index contributed by atoms with van der Waals surface area (Å²) in [6.45, 7) is 6.67. The molecule has 2 fully saturated rings. The zero-order valence-electron chi connectivity index (χ0n) is 18.1. The Morgan fingerprint density at radius 1 is 1.13 bits per heavy atom. The van der Waals surface area contributed by atoms with Gasteiger partial charge in [-0.25, -0.2) is 9.37 Å². The van der Waals surface area contributed by atoms with Gasteiger partial charge in [-0.1, -0.05) is 0 Å². The van der Waals surface area contributed by atoms with E-state index in [0.29, 0.717) is 25.7 Å². The van der Waals surface area contributed by atoms with Gasteiger partial charge in [0.05, 0.1) is 12.8 Å². The summed E-state index contributed by atoms with van der Waals surface area (Å²) in [4.78, 5) is 11.4. The summed E-state index contributed by atoms with van der Waals surface area (Å²) in [7, 11) is 0. The van der Waals surface area contributed by atoms with Crippen LogP contribution in [0.25, 0.3) is 0 Å². The van der Waals surface area contributed by atoms with Gasteiger partial charge in [-0.2, -0.15) is 0 Å². The van der Waals surface area contributed by atoms with Gasteiger partial charge in [0, 0.05) is 36.0 Å². The van der Waals surface area contributed by atoms with Crippen molar-refractivity contribution in [3.8, 4) is 11.6 Å². The molecule has 1 aliphatic carbocycles. The molecule has 4 heterocycles. The van der Waals surface area contributed by atoms with Crippen LogP contribution in [0.15, 0.2) is 30.6 Å². The van der Waals surface area contributed by atoms with Crippen molar-refractivity contribution < 1.29 is 18.6 Å². The van der Waals surface area contributed by atoms with Gasteiger partial charge in [0.1, 0.15) is 19.0 Å². The Hall–Kier alpha value is -2.25. The molecule has 0 spiro atoms. The molecule has 2 aromatic rings. The highest BCUT2D eigenvalue weighted by Crippen LogP contribution is 2.55. The molecule has 166 valence electrons.